The number of fused-ring (bicyclic) bond motifs is 1. The molecule has 0 saturated heterocycles. The molecule has 0 aromatic heterocycles. The first-order chi connectivity index (χ1) is 8.35. The smallest absolute Gasteiger partial charge is 0.316 e. The van der Waals surface area contributed by atoms with Crippen molar-refractivity contribution in [1.82, 2.24) is 0 Å². The van der Waals surface area contributed by atoms with Gasteiger partial charge in [-0.3, -0.25) is 9.59 Å². The van der Waals surface area contributed by atoms with Crippen molar-refractivity contribution >= 4 is 11.8 Å². The van der Waals surface area contributed by atoms with Crippen molar-refractivity contribution in [1.29, 1.82) is 0 Å². The predicted octanol–water partition coefficient (Wildman–Crippen LogP) is 1.62. The Morgan fingerprint density at radius 3 is 2.72 bits per heavy atom. The average Bonchev–Trinajstić information content (AvgIpc) is 2.33. The molecule has 0 spiro atoms. The standard InChI is InChI=1S/C14H20O4/c1-13(2)6-5-11(16)10-8-9(15)4-7-14(10,13)12(17)18-3/h8,11,16H,4-7H2,1-3H3. The summed E-state index contributed by atoms with van der Waals surface area (Å²) in [5, 5.41) is 10.1. The van der Waals surface area contributed by atoms with Gasteiger partial charge in [0.1, 0.15) is 0 Å². The van der Waals surface area contributed by atoms with Crippen LogP contribution in [0.15, 0.2) is 11.6 Å². The van der Waals surface area contributed by atoms with Crippen LogP contribution in [0.4, 0.5) is 0 Å². The zero-order chi connectivity index (χ0) is 13.6. The van der Waals surface area contributed by atoms with Gasteiger partial charge >= 0.3 is 5.97 Å². The van der Waals surface area contributed by atoms with Crippen LogP contribution in [0.25, 0.3) is 0 Å². The fourth-order valence-corrected chi connectivity index (χ4v) is 3.47. The molecule has 2 unspecified atom stereocenters. The highest BCUT2D eigenvalue weighted by Crippen LogP contribution is 2.58. The largest absolute Gasteiger partial charge is 0.468 e. The molecule has 0 heterocycles. The summed E-state index contributed by atoms with van der Waals surface area (Å²) in [4.78, 5) is 23.9. The van der Waals surface area contributed by atoms with E-state index in [-0.39, 0.29) is 17.2 Å². The molecule has 0 radical (unpaired) electrons. The number of ether oxygens (including phenoxy) is 1. The first kappa shape index (κ1) is 13.3. The van der Waals surface area contributed by atoms with E-state index in [4.69, 9.17) is 4.74 Å². The van der Waals surface area contributed by atoms with E-state index < -0.39 is 11.5 Å². The number of rotatable bonds is 1. The Labute approximate surface area is 107 Å². The van der Waals surface area contributed by atoms with Crippen molar-refractivity contribution < 1.29 is 19.4 Å². The molecule has 2 atom stereocenters. The van der Waals surface area contributed by atoms with Crippen LogP contribution in [0.3, 0.4) is 0 Å². The van der Waals surface area contributed by atoms with Gasteiger partial charge < -0.3 is 9.84 Å². The summed E-state index contributed by atoms with van der Waals surface area (Å²) in [5.41, 5.74) is -0.582. The van der Waals surface area contributed by atoms with Crippen LogP contribution in [-0.2, 0) is 14.3 Å². The van der Waals surface area contributed by atoms with E-state index in [1.807, 2.05) is 13.8 Å². The van der Waals surface area contributed by atoms with E-state index in [2.05, 4.69) is 0 Å². The Balaban J connectivity index is 2.60. The number of aliphatic hydroxyl groups is 1. The molecule has 2 rings (SSSR count). The van der Waals surface area contributed by atoms with Crippen LogP contribution in [0.2, 0.25) is 0 Å². The Kier molecular flexibility index (Phi) is 3.09. The van der Waals surface area contributed by atoms with Gasteiger partial charge in [-0.15, -0.1) is 0 Å². The molecule has 0 aliphatic heterocycles. The van der Waals surface area contributed by atoms with Gasteiger partial charge in [0.25, 0.3) is 0 Å². The number of hydrogen-bond donors (Lipinski definition) is 1. The minimum Gasteiger partial charge on any atom is -0.468 e. The fourth-order valence-electron chi connectivity index (χ4n) is 3.47. The van der Waals surface area contributed by atoms with Crippen molar-refractivity contribution in [2.24, 2.45) is 10.8 Å². The molecule has 4 heteroatoms. The molecule has 0 bridgehead atoms. The number of carbonyl (C=O) groups excluding carboxylic acids is 2. The highest BCUT2D eigenvalue weighted by molar-refractivity contribution is 5.96. The maximum Gasteiger partial charge on any atom is 0.316 e. The lowest BCUT2D eigenvalue weighted by atomic mass is 9.51. The van der Waals surface area contributed by atoms with Gasteiger partial charge in [-0.2, -0.15) is 0 Å². The van der Waals surface area contributed by atoms with Crippen LogP contribution >= 0.6 is 0 Å². The first-order valence-corrected chi connectivity index (χ1v) is 6.36. The van der Waals surface area contributed by atoms with Crippen molar-refractivity contribution in [2.45, 2.75) is 45.6 Å². The number of carbonyl (C=O) groups is 2. The van der Waals surface area contributed by atoms with E-state index in [0.717, 1.165) is 6.42 Å². The molecular formula is C14H20O4. The normalized spacial score (nSPS) is 34.6. The van der Waals surface area contributed by atoms with E-state index >= 15 is 0 Å². The second-order valence-electron chi connectivity index (χ2n) is 5.90. The zero-order valence-corrected chi connectivity index (χ0v) is 11.2. The Morgan fingerprint density at radius 1 is 1.44 bits per heavy atom. The maximum absolute atomic E-state index is 12.3. The summed E-state index contributed by atoms with van der Waals surface area (Å²) in [6, 6.07) is 0. The van der Waals surface area contributed by atoms with Gasteiger partial charge in [-0.05, 0) is 36.3 Å². The number of methoxy groups -OCH3 is 1. The van der Waals surface area contributed by atoms with E-state index in [1.165, 1.54) is 13.2 Å². The lowest BCUT2D eigenvalue weighted by molar-refractivity contribution is -0.163. The lowest BCUT2D eigenvalue weighted by Crippen LogP contribution is -2.54. The monoisotopic (exact) mass is 252 g/mol. The average molecular weight is 252 g/mol. The highest BCUT2D eigenvalue weighted by Gasteiger charge is 2.59. The number of allylic oxidation sites excluding steroid dienone is 1. The molecular weight excluding hydrogens is 232 g/mol. The number of ketones is 1. The van der Waals surface area contributed by atoms with Crippen LogP contribution in [0.5, 0.6) is 0 Å². The Hall–Kier alpha value is -1.16. The van der Waals surface area contributed by atoms with Gasteiger partial charge in [0, 0.05) is 6.42 Å². The summed E-state index contributed by atoms with van der Waals surface area (Å²) >= 11 is 0. The van der Waals surface area contributed by atoms with Crippen molar-refractivity contribution in [3.05, 3.63) is 11.6 Å². The van der Waals surface area contributed by atoms with Crippen molar-refractivity contribution in [2.75, 3.05) is 7.11 Å². The van der Waals surface area contributed by atoms with Crippen LogP contribution in [0, 0.1) is 10.8 Å². The lowest BCUT2D eigenvalue weighted by Gasteiger charge is -2.52. The topological polar surface area (TPSA) is 63.6 Å². The number of esters is 1. The van der Waals surface area contributed by atoms with Gasteiger partial charge in [-0.1, -0.05) is 13.8 Å². The SMILES string of the molecule is COC(=O)C12CCC(=O)C=C1C(O)CCC2(C)C. The third-order valence-electron chi connectivity index (χ3n) is 4.65. The minimum atomic E-state index is -0.840. The first-order valence-electron chi connectivity index (χ1n) is 6.36. The van der Waals surface area contributed by atoms with Gasteiger partial charge in [0.05, 0.1) is 18.6 Å². The van der Waals surface area contributed by atoms with Crippen molar-refractivity contribution in [3.8, 4) is 0 Å². The summed E-state index contributed by atoms with van der Waals surface area (Å²) in [5.74, 6) is -0.341. The molecule has 2 aliphatic carbocycles. The van der Waals surface area contributed by atoms with Crippen LogP contribution in [-0.4, -0.2) is 30.1 Å². The van der Waals surface area contributed by atoms with Crippen LogP contribution in [0.1, 0.15) is 39.5 Å². The number of hydrogen-bond acceptors (Lipinski definition) is 4. The van der Waals surface area contributed by atoms with Gasteiger partial charge in [0.15, 0.2) is 5.78 Å². The quantitative estimate of drug-likeness (QED) is 0.720. The molecule has 0 amide bonds. The minimum absolute atomic E-state index is 0.0127. The molecule has 2 aliphatic rings. The second kappa shape index (κ2) is 4.19. The van der Waals surface area contributed by atoms with Gasteiger partial charge in [0.2, 0.25) is 0 Å². The predicted molar refractivity (Wildman–Crippen MR) is 65.8 cm³/mol. The molecule has 0 aromatic rings. The molecule has 1 saturated carbocycles. The van der Waals surface area contributed by atoms with E-state index in [9.17, 15) is 14.7 Å². The Bertz CT molecular complexity index is 422. The van der Waals surface area contributed by atoms with Gasteiger partial charge in [-0.25, -0.2) is 0 Å². The summed E-state index contributed by atoms with van der Waals surface area (Å²) in [6.45, 7) is 4.03. The second-order valence-corrected chi connectivity index (χ2v) is 5.90. The molecule has 1 N–H and O–H groups in total. The fraction of sp³-hybridized carbons (Fsp3) is 0.714. The van der Waals surface area contributed by atoms with E-state index in [0.29, 0.717) is 24.8 Å². The summed E-state index contributed by atoms with van der Waals surface area (Å²) in [6.07, 6.45) is 2.87. The molecule has 100 valence electrons. The highest BCUT2D eigenvalue weighted by atomic mass is 16.5. The maximum atomic E-state index is 12.3. The molecule has 1 fully saturated rings. The third-order valence-corrected chi connectivity index (χ3v) is 4.65. The molecule has 4 nitrogen and oxygen atoms in total. The van der Waals surface area contributed by atoms with E-state index in [1.54, 1.807) is 0 Å². The molecule has 0 aromatic carbocycles. The van der Waals surface area contributed by atoms with Crippen molar-refractivity contribution in [3.63, 3.8) is 0 Å². The summed E-state index contributed by atoms with van der Waals surface area (Å²) in [7, 11) is 1.36. The molecule has 18 heavy (non-hydrogen) atoms. The summed E-state index contributed by atoms with van der Waals surface area (Å²) < 4.78 is 4.97. The van der Waals surface area contributed by atoms with Crippen LogP contribution < -0.4 is 0 Å². The third kappa shape index (κ3) is 1.62. The number of aliphatic hydroxyl groups excluding tert-OH is 1. The Morgan fingerprint density at radius 2 is 2.11 bits per heavy atom. The zero-order valence-electron chi connectivity index (χ0n) is 11.2.